The lowest BCUT2D eigenvalue weighted by atomic mass is 10.1. The maximum atomic E-state index is 12.9. The van der Waals surface area contributed by atoms with E-state index in [2.05, 4.69) is 5.32 Å². The van der Waals surface area contributed by atoms with E-state index < -0.39 is 24.4 Å². The molecule has 1 aliphatic rings. The molecule has 1 saturated heterocycles. The van der Waals surface area contributed by atoms with Crippen molar-refractivity contribution in [1.29, 1.82) is 0 Å². The first-order valence-corrected chi connectivity index (χ1v) is 8.97. The molecule has 1 fully saturated rings. The van der Waals surface area contributed by atoms with Crippen molar-refractivity contribution in [2.45, 2.75) is 19.9 Å². The quantitative estimate of drug-likeness (QED) is 0.776. The number of nitrogens with zero attached hydrogens (tertiary/aromatic N) is 1. The van der Waals surface area contributed by atoms with Crippen LogP contribution in [0, 0.1) is 18.7 Å². The summed E-state index contributed by atoms with van der Waals surface area (Å²) in [5.41, 5.74) is 2.55. The summed E-state index contributed by atoms with van der Waals surface area (Å²) in [5.74, 6) is -2.13. The van der Waals surface area contributed by atoms with Crippen molar-refractivity contribution in [3.8, 4) is 0 Å². The number of nitrogens with one attached hydrogen (secondary N) is 1. The highest BCUT2D eigenvalue weighted by Gasteiger charge is 2.36. The van der Waals surface area contributed by atoms with Crippen LogP contribution in [0.4, 0.5) is 10.1 Å². The van der Waals surface area contributed by atoms with Crippen LogP contribution in [0.1, 0.15) is 17.5 Å². The Bertz CT molecular complexity index is 865. The number of carbonyl (C=O) groups is 3. The predicted molar refractivity (Wildman–Crippen MR) is 101 cm³/mol. The number of rotatable bonds is 6. The van der Waals surface area contributed by atoms with Crippen LogP contribution < -0.4 is 10.2 Å². The van der Waals surface area contributed by atoms with Crippen LogP contribution in [-0.2, 0) is 25.7 Å². The molecular formula is C21H21FN2O4. The molecule has 0 saturated carbocycles. The van der Waals surface area contributed by atoms with Gasteiger partial charge in [0.25, 0.3) is 5.91 Å². The topological polar surface area (TPSA) is 75.7 Å². The molecule has 2 aromatic carbocycles. The standard InChI is InChI=1S/C21H21FN2O4/c1-14-2-8-18(9-3-14)24-12-16(10-20(24)26)21(27)28-13-19(25)23-11-15-4-6-17(22)7-5-15/h2-9,16H,10-13H2,1H3,(H,23,25)/t16-/m1/s1. The van der Waals surface area contributed by atoms with Crippen molar-refractivity contribution in [1.82, 2.24) is 5.32 Å². The van der Waals surface area contributed by atoms with Gasteiger partial charge in [0.15, 0.2) is 6.61 Å². The van der Waals surface area contributed by atoms with E-state index in [4.69, 9.17) is 4.74 Å². The fourth-order valence-electron chi connectivity index (χ4n) is 2.95. The molecule has 7 heteroatoms. The third kappa shape index (κ3) is 4.94. The third-order valence-electron chi connectivity index (χ3n) is 4.55. The van der Waals surface area contributed by atoms with Gasteiger partial charge < -0.3 is 15.0 Å². The normalized spacial score (nSPS) is 16.1. The van der Waals surface area contributed by atoms with Gasteiger partial charge in [-0.3, -0.25) is 14.4 Å². The monoisotopic (exact) mass is 384 g/mol. The second-order valence-electron chi connectivity index (χ2n) is 6.75. The largest absolute Gasteiger partial charge is 0.455 e. The zero-order valence-electron chi connectivity index (χ0n) is 15.5. The van der Waals surface area contributed by atoms with Crippen LogP contribution in [0.3, 0.4) is 0 Å². The van der Waals surface area contributed by atoms with Gasteiger partial charge in [0.1, 0.15) is 5.82 Å². The molecule has 0 aromatic heterocycles. The van der Waals surface area contributed by atoms with Crippen molar-refractivity contribution < 1.29 is 23.5 Å². The molecule has 2 amide bonds. The van der Waals surface area contributed by atoms with E-state index in [1.165, 1.54) is 12.1 Å². The van der Waals surface area contributed by atoms with E-state index >= 15 is 0 Å². The number of carbonyl (C=O) groups excluding carboxylic acids is 3. The van der Waals surface area contributed by atoms with Crippen molar-refractivity contribution >= 4 is 23.5 Å². The number of hydrogen-bond donors (Lipinski definition) is 1. The van der Waals surface area contributed by atoms with E-state index in [1.54, 1.807) is 17.0 Å². The fraction of sp³-hybridized carbons (Fsp3) is 0.286. The summed E-state index contributed by atoms with van der Waals surface area (Å²) in [4.78, 5) is 37.8. The summed E-state index contributed by atoms with van der Waals surface area (Å²) in [6, 6.07) is 13.2. The van der Waals surface area contributed by atoms with Gasteiger partial charge in [-0.15, -0.1) is 0 Å². The van der Waals surface area contributed by atoms with Crippen molar-refractivity contribution in [3.05, 3.63) is 65.5 Å². The molecular weight excluding hydrogens is 363 g/mol. The van der Waals surface area contributed by atoms with Crippen LogP contribution in [0.15, 0.2) is 48.5 Å². The first kappa shape index (κ1) is 19.5. The van der Waals surface area contributed by atoms with Crippen LogP contribution >= 0.6 is 0 Å². The molecule has 1 atom stereocenters. The van der Waals surface area contributed by atoms with Crippen LogP contribution in [-0.4, -0.2) is 30.9 Å². The van der Waals surface area contributed by atoms with Crippen LogP contribution in [0.25, 0.3) is 0 Å². The molecule has 0 aliphatic carbocycles. The van der Waals surface area contributed by atoms with Crippen molar-refractivity contribution in [2.24, 2.45) is 5.92 Å². The zero-order chi connectivity index (χ0) is 20.1. The van der Waals surface area contributed by atoms with Crippen LogP contribution in [0.2, 0.25) is 0 Å². The molecule has 6 nitrogen and oxygen atoms in total. The number of ether oxygens (including phenoxy) is 1. The number of anilines is 1. The van der Waals surface area contributed by atoms with Gasteiger partial charge in [0, 0.05) is 25.2 Å². The average Bonchev–Trinajstić information content (AvgIpc) is 3.08. The Kier molecular flexibility index (Phi) is 6.03. The molecule has 1 N–H and O–H groups in total. The predicted octanol–water partition coefficient (Wildman–Crippen LogP) is 2.35. The molecule has 0 bridgehead atoms. The Labute approximate surface area is 162 Å². The number of benzene rings is 2. The Morgan fingerprint density at radius 2 is 1.82 bits per heavy atom. The SMILES string of the molecule is Cc1ccc(N2C[C@H](C(=O)OCC(=O)NCc3ccc(F)cc3)CC2=O)cc1. The summed E-state index contributed by atoms with van der Waals surface area (Å²) >= 11 is 0. The highest BCUT2D eigenvalue weighted by atomic mass is 19.1. The van der Waals surface area contributed by atoms with Crippen molar-refractivity contribution in [2.75, 3.05) is 18.1 Å². The number of aryl methyl sites for hydroxylation is 1. The van der Waals surface area contributed by atoms with Crippen LogP contribution in [0.5, 0.6) is 0 Å². The molecule has 1 aliphatic heterocycles. The molecule has 3 rings (SSSR count). The minimum Gasteiger partial charge on any atom is -0.455 e. The van der Waals surface area contributed by atoms with Crippen molar-refractivity contribution in [3.63, 3.8) is 0 Å². The van der Waals surface area contributed by atoms with Gasteiger partial charge >= 0.3 is 5.97 Å². The molecule has 0 spiro atoms. The fourth-order valence-corrected chi connectivity index (χ4v) is 2.95. The lowest BCUT2D eigenvalue weighted by Gasteiger charge is -2.16. The van der Waals surface area contributed by atoms with E-state index in [0.29, 0.717) is 0 Å². The lowest BCUT2D eigenvalue weighted by Crippen LogP contribution is -2.31. The van der Waals surface area contributed by atoms with E-state index in [0.717, 1.165) is 16.8 Å². The van der Waals surface area contributed by atoms with Gasteiger partial charge in [-0.2, -0.15) is 0 Å². The summed E-state index contributed by atoms with van der Waals surface area (Å²) in [6.45, 7) is 1.98. The Balaban J connectivity index is 1.45. The molecule has 1 heterocycles. The number of halogens is 1. The van der Waals surface area contributed by atoms with Gasteiger partial charge in [0.05, 0.1) is 5.92 Å². The third-order valence-corrected chi connectivity index (χ3v) is 4.55. The second-order valence-corrected chi connectivity index (χ2v) is 6.75. The first-order valence-electron chi connectivity index (χ1n) is 8.97. The number of esters is 1. The van der Waals surface area contributed by atoms with E-state index in [9.17, 15) is 18.8 Å². The summed E-state index contributed by atoms with van der Waals surface area (Å²) in [7, 11) is 0. The first-order chi connectivity index (χ1) is 13.4. The summed E-state index contributed by atoms with van der Waals surface area (Å²) in [6.07, 6.45) is 0.0594. The highest BCUT2D eigenvalue weighted by Crippen LogP contribution is 2.26. The minimum atomic E-state index is -0.598. The van der Waals surface area contributed by atoms with Gasteiger partial charge in [-0.05, 0) is 36.8 Å². The molecule has 2 aromatic rings. The minimum absolute atomic E-state index is 0.0594. The Morgan fingerprint density at radius 3 is 2.50 bits per heavy atom. The lowest BCUT2D eigenvalue weighted by molar-refractivity contribution is -0.152. The van der Waals surface area contributed by atoms with E-state index in [1.807, 2.05) is 31.2 Å². The molecule has 28 heavy (non-hydrogen) atoms. The summed E-state index contributed by atoms with van der Waals surface area (Å²) in [5, 5.41) is 2.60. The zero-order valence-corrected chi connectivity index (χ0v) is 15.5. The average molecular weight is 384 g/mol. The van der Waals surface area contributed by atoms with Gasteiger partial charge in [-0.1, -0.05) is 29.8 Å². The highest BCUT2D eigenvalue weighted by molar-refractivity contribution is 5.99. The smallest absolute Gasteiger partial charge is 0.311 e. The molecule has 0 radical (unpaired) electrons. The number of amides is 2. The van der Waals surface area contributed by atoms with Gasteiger partial charge in [0.2, 0.25) is 5.91 Å². The Morgan fingerprint density at radius 1 is 1.14 bits per heavy atom. The maximum Gasteiger partial charge on any atom is 0.311 e. The number of hydrogen-bond acceptors (Lipinski definition) is 4. The Hall–Kier alpha value is -3.22. The molecule has 146 valence electrons. The van der Waals surface area contributed by atoms with Gasteiger partial charge in [-0.25, -0.2) is 4.39 Å². The van der Waals surface area contributed by atoms with E-state index in [-0.39, 0.29) is 31.2 Å². The molecule has 0 unspecified atom stereocenters. The second kappa shape index (κ2) is 8.65. The summed E-state index contributed by atoms with van der Waals surface area (Å²) < 4.78 is 17.9. The maximum absolute atomic E-state index is 12.9.